The topological polar surface area (TPSA) is 49.4 Å². The van der Waals surface area contributed by atoms with Crippen molar-refractivity contribution in [1.82, 2.24) is 4.90 Å². The van der Waals surface area contributed by atoms with E-state index >= 15 is 0 Å². The molecular weight excluding hydrogens is 288 g/mol. The first-order valence-corrected chi connectivity index (χ1v) is 8.86. The standard InChI is InChI=1S/C19H28N2O2/c1-3-5-8-15-10-12-16(13-11-15)20-18(22)19(23)21-14-7-6-9-17(21)4-2/h10-13,17H,3-9,14H2,1-2H3,(H,20,22). The summed E-state index contributed by atoms with van der Waals surface area (Å²) in [5.74, 6) is -0.918. The second kappa shape index (κ2) is 8.70. The molecule has 1 heterocycles. The average molecular weight is 316 g/mol. The van der Waals surface area contributed by atoms with Crippen LogP contribution in [0.5, 0.6) is 0 Å². The molecule has 23 heavy (non-hydrogen) atoms. The zero-order valence-corrected chi connectivity index (χ0v) is 14.3. The Morgan fingerprint density at radius 2 is 1.91 bits per heavy atom. The number of nitrogens with one attached hydrogen (secondary N) is 1. The molecule has 1 saturated heterocycles. The van der Waals surface area contributed by atoms with Crippen LogP contribution in [0.25, 0.3) is 0 Å². The highest BCUT2D eigenvalue weighted by Crippen LogP contribution is 2.20. The fourth-order valence-corrected chi connectivity index (χ4v) is 3.14. The van der Waals surface area contributed by atoms with E-state index in [4.69, 9.17) is 0 Å². The van der Waals surface area contributed by atoms with E-state index < -0.39 is 11.8 Å². The Hall–Kier alpha value is -1.84. The third-order valence-electron chi connectivity index (χ3n) is 4.58. The summed E-state index contributed by atoms with van der Waals surface area (Å²) in [7, 11) is 0. The largest absolute Gasteiger partial charge is 0.331 e. The molecule has 1 aromatic carbocycles. The Labute approximate surface area is 139 Å². The van der Waals surface area contributed by atoms with Gasteiger partial charge in [-0.15, -0.1) is 0 Å². The van der Waals surface area contributed by atoms with Gasteiger partial charge in [0.2, 0.25) is 0 Å². The van der Waals surface area contributed by atoms with E-state index in [0.717, 1.165) is 38.5 Å². The summed E-state index contributed by atoms with van der Waals surface area (Å²) < 4.78 is 0. The lowest BCUT2D eigenvalue weighted by molar-refractivity contribution is -0.145. The van der Waals surface area contributed by atoms with Gasteiger partial charge in [0.25, 0.3) is 0 Å². The first kappa shape index (κ1) is 17.5. The molecule has 4 heteroatoms. The van der Waals surface area contributed by atoms with E-state index in [1.54, 1.807) is 4.90 Å². The van der Waals surface area contributed by atoms with Crippen molar-refractivity contribution in [3.8, 4) is 0 Å². The number of unbranched alkanes of at least 4 members (excludes halogenated alkanes) is 1. The van der Waals surface area contributed by atoms with Gasteiger partial charge in [-0.05, 0) is 56.2 Å². The molecule has 0 aromatic heterocycles. The number of aryl methyl sites for hydroxylation is 1. The molecule has 1 fully saturated rings. The second-order valence-corrected chi connectivity index (χ2v) is 6.31. The molecule has 1 N–H and O–H groups in total. The Morgan fingerprint density at radius 3 is 2.57 bits per heavy atom. The smallest absolute Gasteiger partial charge is 0.313 e. The Morgan fingerprint density at radius 1 is 1.17 bits per heavy atom. The minimum absolute atomic E-state index is 0.207. The van der Waals surface area contributed by atoms with Gasteiger partial charge in [0, 0.05) is 18.3 Å². The van der Waals surface area contributed by atoms with Crippen molar-refractivity contribution in [1.29, 1.82) is 0 Å². The van der Waals surface area contributed by atoms with Crippen LogP contribution in [-0.2, 0) is 16.0 Å². The molecule has 0 radical (unpaired) electrons. The minimum atomic E-state index is -0.522. The number of hydrogen-bond acceptors (Lipinski definition) is 2. The predicted molar refractivity (Wildman–Crippen MR) is 93.3 cm³/mol. The monoisotopic (exact) mass is 316 g/mol. The molecule has 1 aliphatic heterocycles. The molecule has 4 nitrogen and oxygen atoms in total. The lowest BCUT2D eigenvalue weighted by atomic mass is 10.00. The summed E-state index contributed by atoms with van der Waals surface area (Å²) in [5, 5.41) is 2.74. The maximum atomic E-state index is 12.4. The Balaban J connectivity index is 1.93. The van der Waals surface area contributed by atoms with Crippen molar-refractivity contribution in [2.75, 3.05) is 11.9 Å². The van der Waals surface area contributed by atoms with Crippen LogP contribution in [0, 0.1) is 0 Å². The number of rotatable bonds is 5. The van der Waals surface area contributed by atoms with Gasteiger partial charge in [0.1, 0.15) is 0 Å². The quantitative estimate of drug-likeness (QED) is 0.841. The molecule has 1 aliphatic rings. The highest BCUT2D eigenvalue weighted by atomic mass is 16.2. The summed E-state index contributed by atoms with van der Waals surface area (Å²) in [5.41, 5.74) is 1.95. The highest BCUT2D eigenvalue weighted by Gasteiger charge is 2.29. The summed E-state index contributed by atoms with van der Waals surface area (Å²) in [6.07, 6.45) is 7.42. The molecule has 1 unspecified atom stereocenters. The van der Waals surface area contributed by atoms with Crippen LogP contribution >= 0.6 is 0 Å². The van der Waals surface area contributed by atoms with Crippen molar-refractivity contribution in [2.24, 2.45) is 0 Å². The first-order chi connectivity index (χ1) is 11.2. The lowest BCUT2D eigenvalue weighted by Gasteiger charge is -2.34. The van der Waals surface area contributed by atoms with E-state index in [-0.39, 0.29) is 6.04 Å². The Kier molecular flexibility index (Phi) is 6.63. The maximum absolute atomic E-state index is 12.4. The van der Waals surface area contributed by atoms with E-state index in [0.29, 0.717) is 12.2 Å². The molecular formula is C19H28N2O2. The van der Waals surface area contributed by atoms with Crippen LogP contribution in [0.1, 0.15) is 57.9 Å². The summed E-state index contributed by atoms with van der Waals surface area (Å²) in [4.78, 5) is 26.4. The van der Waals surface area contributed by atoms with Crippen molar-refractivity contribution < 1.29 is 9.59 Å². The molecule has 126 valence electrons. The van der Waals surface area contributed by atoms with Crippen LogP contribution in [0.4, 0.5) is 5.69 Å². The SMILES string of the molecule is CCCCc1ccc(NC(=O)C(=O)N2CCCCC2CC)cc1. The number of benzene rings is 1. The van der Waals surface area contributed by atoms with Gasteiger partial charge in [-0.3, -0.25) is 9.59 Å². The van der Waals surface area contributed by atoms with Crippen molar-refractivity contribution >= 4 is 17.5 Å². The van der Waals surface area contributed by atoms with Crippen LogP contribution in [0.2, 0.25) is 0 Å². The van der Waals surface area contributed by atoms with E-state index in [1.165, 1.54) is 12.0 Å². The number of carbonyl (C=O) groups is 2. The van der Waals surface area contributed by atoms with Gasteiger partial charge in [-0.1, -0.05) is 32.4 Å². The van der Waals surface area contributed by atoms with Crippen molar-refractivity contribution in [3.63, 3.8) is 0 Å². The summed E-state index contributed by atoms with van der Waals surface area (Å²) in [6.45, 7) is 4.94. The number of hydrogen-bond donors (Lipinski definition) is 1. The van der Waals surface area contributed by atoms with Crippen LogP contribution < -0.4 is 5.32 Å². The van der Waals surface area contributed by atoms with Gasteiger partial charge >= 0.3 is 11.8 Å². The van der Waals surface area contributed by atoms with Gasteiger partial charge in [0.05, 0.1) is 0 Å². The number of piperidine rings is 1. The normalized spacial score (nSPS) is 17.8. The summed E-state index contributed by atoms with van der Waals surface area (Å²) >= 11 is 0. The molecule has 2 amide bonds. The predicted octanol–water partition coefficient (Wildman–Crippen LogP) is 3.76. The highest BCUT2D eigenvalue weighted by molar-refractivity contribution is 6.39. The number of carbonyl (C=O) groups excluding carboxylic acids is 2. The summed E-state index contributed by atoms with van der Waals surface area (Å²) in [6, 6.07) is 8.00. The van der Waals surface area contributed by atoms with Gasteiger partial charge in [-0.2, -0.15) is 0 Å². The molecule has 0 aliphatic carbocycles. The molecule has 1 aromatic rings. The lowest BCUT2D eigenvalue weighted by Crippen LogP contribution is -2.48. The fourth-order valence-electron chi connectivity index (χ4n) is 3.14. The molecule has 2 rings (SSSR count). The van der Waals surface area contributed by atoms with Crippen LogP contribution in [0.3, 0.4) is 0 Å². The second-order valence-electron chi connectivity index (χ2n) is 6.31. The zero-order valence-electron chi connectivity index (χ0n) is 14.3. The first-order valence-electron chi connectivity index (χ1n) is 8.86. The van der Waals surface area contributed by atoms with E-state index in [2.05, 4.69) is 19.2 Å². The van der Waals surface area contributed by atoms with E-state index in [1.807, 2.05) is 24.3 Å². The van der Waals surface area contributed by atoms with Crippen LogP contribution in [-0.4, -0.2) is 29.3 Å². The zero-order chi connectivity index (χ0) is 16.7. The average Bonchev–Trinajstić information content (AvgIpc) is 2.60. The number of likely N-dealkylation sites (tertiary alicyclic amines) is 1. The Bertz CT molecular complexity index is 525. The third kappa shape index (κ3) is 4.81. The third-order valence-corrected chi connectivity index (χ3v) is 4.58. The molecule has 0 spiro atoms. The minimum Gasteiger partial charge on any atom is -0.331 e. The van der Waals surface area contributed by atoms with Gasteiger partial charge in [-0.25, -0.2) is 0 Å². The maximum Gasteiger partial charge on any atom is 0.313 e. The number of amides is 2. The van der Waals surface area contributed by atoms with Crippen molar-refractivity contribution in [2.45, 2.75) is 64.8 Å². The van der Waals surface area contributed by atoms with Gasteiger partial charge < -0.3 is 10.2 Å². The van der Waals surface area contributed by atoms with Gasteiger partial charge in [0.15, 0.2) is 0 Å². The van der Waals surface area contributed by atoms with Crippen LogP contribution in [0.15, 0.2) is 24.3 Å². The molecule has 0 bridgehead atoms. The fraction of sp³-hybridized carbons (Fsp3) is 0.579. The number of nitrogens with zero attached hydrogens (tertiary/aromatic N) is 1. The van der Waals surface area contributed by atoms with Crippen molar-refractivity contribution in [3.05, 3.63) is 29.8 Å². The van der Waals surface area contributed by atoms with E-state index in [9.17, 15) is 9.59 Å². The molecule has 0 saturated carbocycles. The number of anilines is 1. The molecule has 1 atom stereocenters.